The van der Waals surface area contributed by atoms with Crippen LogP contribution in [0.4, 0.5) is 0 Å². The first kappa shape index (κ1) is 14.6. The Morgan fingerprint density at radius 1 is 1.35 bits per heavy atom. The minimum absolute atomic E-state index is 0.0109. The van der Waals surface area contributed by atoms with Gasteiger partial charge in [-0.15, -0.1) is 0 Å². The maximum Gasteiger partial charge on any atom is 0.322 e. The summed E-state index contributed by atoms with van der Waals surface area (Å²) in [7, 11) is -3.90. The molecule has 3 heterocycles. The fourth-order valence-electron chi connectivity index (χ4n) is 3.03. The molecule has 0 spiro atoms. The number of pyridine rings is 1. The van der Waals surface area contributed by atoms with Crippen LogP contribution >= 0.6 is 0 Å². The fourth-order valence-corrected chi connectivity index (χ4v) is 4.66. The number of carboxylic acid groups (broad SMARTS) is 1. The van der Waals surface area contributed by atoms with Gasteiger partial charge >= 0.3 is 5.97 Å². The van der Waals surface area contributed by atoms with Crippen LogP contribution in [0.25, 0.3) is 11.1 Å². The van der Waals surface area contributed by atoms with Crippen LogP contribution in [0.2, 0.25) is 0 Å². The van der Waals surface area contributed by atoms with E-state index in [2.05, 4.69) is 10.1 Å². The minimum Gasteiger partial charge on any atom is -0.480 e. The molecule has 1 atom stereocenters. The summed E-state index contributed by atoms with van der Waals surface area (Å²) in [5.74, 6) is -0.821. The van der Waals surface area contributed by atoms with Crippen LogP contribution in [0.15, 0.2) is 21.7 Å². The molecule has 1 aliphatic carbocycles. The van der Waals surface area contributed by atoms with E-state index in [4.69, 9.17) is 4.52 Å². The van der Waals surface area contributed by atoms with Crippen molar-refractivity contribution < 1.29 is 22.8 Å². The van der Waals surface area contributed by atoms with Crippen LogP contribution < -0.4 is 0 Å². The largest absolute Gasteiger partial charge is 0.480 e. The number of nitrogens with zero attached hydrogens (tertiary/aromatic N) is 3. The second kappa shape index (κ2) is 5.00. The lowest BCUT2D eigenvalue weighted by atomic mass is 10.2. The summed E-state index contributed by atoms with van der Waals surface area (Å²) in [5, 5.41) is 13.8. The molecule has 23 heavy (non-hydrogen) atoms. The van der Waals surface area contributed by atoms with Gasteiger partial charge in [0.2, 0.25) is 10.0 Å². The summed E-state index contributed by atoms with van der Waals surface area (Å²) in [6.07, 6.45) is 4.08. The Kier molecular flexibility index (Phi) is 3.17. The number of fused-ring (bicyclic) bond motifs is 1. The van der Waals surface area contributed by atoms with E-state index in [1.165, 1.54) is 12.3 Å². The van der Waals surface area contributed by atoms with E-state index in [1.54, 1.807) is 0 Å². The Morgan fingerprint density at radius 2 is 2.13 bits per heavy atom. The molecule has 2 fully saturated rings. The maximum atomic E-state index is 12.8. The molecule has 0 radical (unpaired) electrons. The lowest BCUT2D eigenvalue weighted by Gasteiger charge is -2.20. The Balaban J connectivity index is 1.78. The average Bonchev–Trinajstić information content (AvgIpc) is 3.08. The summed E-state index contributed by atoms with van der Waals surface area (Å²) in [6.45, 7) is 0.205. The molecule has 2 aliphatic rings. The van der Waals surface area contributed by atoms with Crippen molar-refractivity contribution in [1.29, 1.82) is 0 Å². The third-order valence-corrected chi connectivity index (χ3v) is 6.27. The van der Waals surface area contributed by atoms with E-state index in [0.717, 1.165) is 22.8 Å². The number of carboxylic acids is 1. The van der Waals surface area contributed by atoms with Gasteiger partial charge in [-0.25, -0.2) is 13.4 Å². The second-order valence-corrected chi connectivity index (χ2v) is 7.87. The molecular formula is C14H15N3O5S. The molecule has 2 aromatic heterocycles. The summed E-state index contributed by atoms with van der Waals surface area (Å²) >= 11 is 0. The van der Waals surface area contributed by atoms with Crippen molar-refractivity contribution in [1.82, 2.24) is 14.4 Å². The molecule has 1 aliphatic heterocycles. The van der Waals surface area contributed by atoms with Gasteiger partial charge < -0.3 is 9.63 Å². The number of hydrogen-bond donors (Lipinski definition) is 1. The Bertz CT molecular complexity index is 887. The monoisotopic (exact) mass is 337 g/mol. The molecule has 122 valence electrons. The van der Waals surface area contributed by atoms with Gasteiger partial charge in [-0.3, -0.25) is 4.79 Å². The lowest BCUT2D eigenvalue weighted by Crippen LogP contribution is -2.40. The zero-order valence-corrected chi connectivity index (χ0v) is 13.0. The normalized spacial score (nSPS) is 22.7. The molecule has 1 saturated heterocycles. The van der Waals surface area contributed by atoms with Gasteiger partial charge in [0, 0.05) is 12.5 Å². The SMILES string of the molecule is O=C(O)C1CCCN1S(=O)(=O)c1cnc2onc(C3CC3)c2c1. The van der Waals surface area contributed by atoms with E-state index in [1.807, 2.05) is 0 Å². The van der Waals surface area contributed by atoms with Crippen LogP contribution in [0.1, 0.15) is 37.3 Å². The zero-order valence-electron chi connectivity index (χ0n) is 12.2. The molecule has 0 amide bonds. The summed E-state index contributed by atoms with van der Waals surface area (Å²) in [5.41, 5.74) is 1.04. The molecule has 1 N–H and O–H groups in total. The first-order valence-corrected chi connectivity index (χ1v) is 8.92. The van der Waals surface area contributed by atoms with E-state index in [-0.39, 0.29) is 11.4 Å². The third kappa shape index (κ3) is 2.31. The van der Waals surface area contributed by atoms with Gasteiger partial charge in [-0.1, -0.05) is 5.16 Å². The summed E-state index contributed by atoms with van der Waals surface area (Å²) in [4.78, 5) is 15.3. The smallest absolute Gasteiger partial charge is 0.322 e. The Hall–Kier alpha value is -2.00. The van der Waals surface area contributed by atoms with E-state index < -0.39 is 22.0 Å². The predicted octanol–water partition coefficient (Wildman–Crippen LogP) is 1.34. The van der Waals surface area contributed by atoms with Gasteiger partial charge in [0.1, 0.15) is 10.9 Å². The number of carbonyl (C=O) groups is 1. The molecule has 1 unspecified atom stereocenters. The maximum absolute atomic E-state index is 12.8. The molecule has 0 bridgehead atoms. The van der Waals surface area contributed by atoms with Gasteiger partial charge in [-0.05, 0) is 31.7 Å². The molecule has 4 rings (SSSR count). The van der Waals surface area contributed by atoms with Crippen molar-refractivity contribution in [3.8, 4) is 0 Å². The highest BCUT2D eigenvalue weighted by molar-refractivity contribution is 7.89. The van der Waals surface area contributed by atoms with Crippen molar-refractivity contribution in [2.75, 3.05) is 6.54 Å². The van der Waals surface area contributed by atoms with Crippen molar-refractivity contribution in [3.63, 3.8) is 0 Å². The van der Waals surface area contributed by atoms with Crippen molar-refractivity contribution in [2.45, 2.75) is 42.5 Å². The van der Waals surface area contributed by atoms with Crippen LogP contribution in [-0.4, -0.2) is 46.5 Å². The molecule has 9 heteroatoms. The van der Waals surface area contributed by atoms with Crippen LogP contribution in [0.5, 0.6) is 0 Å². The standard InChI is InChI=1S/C14H15N3O5S/c18-14(19)11-2-1-5-17(11)23(20,21)9-6-10-12(8-3-4-8)16-22-13(10)15-7-9/h6-8,11H,1-5H2,(H,18,19). The molecule has 8 nitrogen and oxygen atoms in total. The van der Waals surface area contributed by atoms with E-state index in [0.29, 0.717) is 29.9 Å². The first-order valence-electron chi connectivity index (χ1n) is 7.48. The van der Waals surface area contributed by atoms with Crippen molar-refractivity contribution in [2.24, 2.45) is 0 Å². The topological polar surface area (TPSA) is 114 Å². The Labute approximate surface area is 132 Å². The predicted molar refractivity (Wildman–Crippen MR) is 78.3 cm³/mol. The highest BCUT2D eigenvalue weighted by atomic mass is 32.2. The molecule has 2 aromatic rings. The fraction of sp³-hybridized carbons (Fsp3) is 0.500. The van der Waals surface area contributed by atoms with Gasteiger partial charge in [0.05, 0.1) is 17.3 Å². The van der Waals surface area contributed by atoms with Crippen molar-refractivity contribution >= 4 is 27.1 Å². The molecule has 0 aromatic carbocycles. The second-order valence-electron chi connectivity index (χ2n) is 5.98. The number of aliphatic carboxylic acids is 1. The summed E-state index contributed by atoms with van der Waals surface area (Å²) < 4.78 is 31.7. The van der Waals surface area contributed by atoms with Gasteiger partial charge in [0.15, 0.2) is 0 Å². The van der Waals surface area contributed by atoms with Gasteiger partial charge in [0.25, 0.3) is 5.71 Å². The zero-order chi connectivity index (χ0) is 16.2. The third-order valence-electron chi connectivity index (χ3n) is 4.39. The Morgan fingerprint density at radius 3 is 2.83 bits per heavy atom. The van der Waals surface area contributed by atoms with E-state index >= 15 is 0 Å². The first-order chi connectivity index (χ1) is 11.0. The number of aromatic nitrogens is 2. The molecule has 1 saturated carbocycles. The van der Waals surface area contributed by atoms with Gasteiger partial charge in [-0.2, -0.15) is 4.31 Å². The quantitative estimate of drug-likeness (QED) is 0.895. The number of rotatable bonds is 4. The number of sulfonamides is 1. The molecular weight excluding hydrogens is 322 g/mol. The van der Waals surface area contributed by atoms with Crippen LogP contribution in [-0.2, 0) is 14.8 Å². The lowest BCUT2D eigenvalue weighted by molar-refractivity contribution is -0.140. The van der Waals surface area contributed by atoms with Crippen LogP contribution in [0, 0.1) is 0 Å². The number of hydrogen-bond acceptors (Lipinski definition) is 6. The summed E-state index contributed by atoms with van der Waals surface area (Å²) in [6, 6.07) is 0.486. The minimum atomic E-state index is -3.90. The van der Waals surface area contributed by atoms with Crippen molar-refractivity contribution in [3.05, 3.63) is 18.0 Å². The average molecular weight is 337 g/mol. The highest BCUT2D eigenvalue weighted by Crippen LogP contribution is 2.42. The van der Waals surface area contributed by atoms with E-state index in [9.17, 15) is 18.3 Å². The highest BCUT2D eigenvalue weighted by Gasteiger charge is 2.40. The van der Waals surface area contributed by atoms with Crippen LogP contribution in [0.3, 0.4) is 0 Å².